The summed E-state index contributed by atoms with van der Waals surface area (Å²) in [5.41, 5.74) is 0.683. The lowest BCUT2D eigenvalue weighted by Gasteiger charge is -2.22. The maximum Gasteiger partial charge on any atom is 0.302 e. The van der Waals surface area contributed by atoms with E-state index in [1.165, 1.54) is 20.1 Å². The monoisotopic (exact) mass is 402 g/mol. The van der Waals surface area contributed by atoms with Crippen molar-refractivity contribution < 1.29 is 34.1 Å². The lowest BCUT2D eigenvalue weighted by Crippen LogP contribution is -2.20. The number of unbranched alkanes of at least 4 members (excludes halogenated alkanes) is 1. The minimum atomic E-state index is -0.979. The minimum Gasteiger partial charge on any atom is -0.507 e. The topological polar surface area (TPSA) is 110 Å². The highest BCUT2D eigenvalue weighted by atomic mass is 16.5. The molecule has 0 saturated carbocycles. The molecule has 156 valence electrons. The third-order valence-electron chi connectivity index (χ3n) is 4.67. The Bertz CT molecular complexity index is 864. The summed E-state index contributed by atoms with van der Waals surface area (Å²) in [6, 6.07) is 1.52. The molecule has 29 heavy (non-hydrogen) atoms. The molecule has 0 bridgehead atoms. The van der Waals surface area contributed by atoms with Crippen LogP contribution in [0, 0.1) is 0 Å². The van der Waals surface area contributed by atoms with Crippen LogP contribution in [0.4, 0.5) is 0 Å². The summed E-state index contributed by atoms with van der Waals surface area (Å²) in [4.78, 5) is 35.9. The molecule has 0 saturated heterocycles. The van der Waals surface area contributed by atoms with Gasteiger partial charge in [0.2, 0.25) is 5.78 Å². The second-order valence-corrected chi connectivity index (χ2v) is 6.76. The van der Waals surface area contributed by atoms with Gasteiger partial charge >= 0.3 is 5.97 Å². The van der Waals surface area contributed by atoms with E-state index in [0.29, 0.717) is 12.0 Å². The molecular formula is C22H26O7. The minimum absolute atomic E-state index is 0.0432. The largest absolute Gasteiger partial charge is 0.507 e. The number of hydrogen-bond donors (Lipinski definition) is 2. The summed E-state index contributed by atoms with van der Waals surface area (Å²) in [6.45, 7) is 3.38. The van der Waals surface area contributed by atoms with Gasteiger partial charge in [-0.05, 0) is 24.5 Å². The molecule has 1 aromatic carbocycles. The number of allylic oxidation sites excluding steroid dienone is 3. The smallest absolute Gasteiger partial charge is 0.302 e. The van der Waals surface area contributed by atoms with E-state index in [1.54, 1.807) is 12.2 Å². The van der Waals surface area contributed by atoms with Crippen molar-refractivity contribution in [2.24, 2.45) is 0 Å². The SMILES string of the molecule is CCCCC(O)c1c(C/C=C/COC(C)=O)cc2c(c1O)C(=O)C=C(OC)C2=O. The average molecular weight is 402 g/mol. The molecule has 7 nitrogen and oxygen atoms in total. The molecule has 0 aromatic heterocycles. The van der Waals surface area contributed by atoms with Crippen molar-refractivity contribution in [3.05, 3.63) is 52.3 Å². The number of ketones is 2. The van der Waals surface area contributed by atoms with Crippen molar-refractivity contribution in [3.63, 3.8) is 0 Å². The fraction of sp³-hybridized carbons (Fsp3) is 0.409. The molecule has 1 aliphatic rings. The van der Waals surface area contributed by atoms with Crippen LogP contribution in [0.2, 0.25) is 0 Å². The Kier molecular flexibility index (Phi) is 7.73. The first-order valence-corrected chi connectivity index (χ1v) is 9.51. The normalized spacial score (nSPS) is 14.6. The van der Waals surface area contributed by atoms with Crippen LogP contribution in [0.3, 0.4) is 0 Å². The zero-order valence-corrected chi connectivity index (χ0v) is 16.9. The molecule has 2 N–H and O–H groups in total. The maximum atomic E-state index is 12.6. The Morgan fingerprint density at radius 3 is 2.62 bits per heavy atom. The lowest BCUT2D eigenvalue weighted by atomic mass is 9.85. The van der Waals surface area contributed by atoms with Crippen LogP contribution in [0.15, 0.2) is 30.1 Å². The third kappa shape index (κ3) is 5.12. The van der Waals surface area contributed by atoms with Crippen LogP contribution in [-0.4, -0.2) is 41.5 Å². The van der Waals surface area contributed by atoms with Crippen LogP contribution in [0.1, 0.15) is 71.1 Å². The van der Waals surface area contributed by atoms with E-state index in [-0.39, 0.29) is 41.2 Å². The number of aliphatic hydroxyl groups is 1. The molecule has 1 unspecified atom stereocenters. The Labute approximate surface area is 169 Å². The number of aromatic hydroxyl groups is 1. The van der Waals surface area contributed by atoms with Gasteiger partial charge in [-0.2, -0.15) is 0 Å². The van der Waals surface area contributed by atoms with Gasteiger partial charge in [0.15, 0.2) is 11.5 Å². The third-order valence-corrected chi connectivity index (χ3v) is 4.67. The van der Waals surface area contributed by atoms with Crippen molar-refractivity contribution in [1.29, 1.82) is 0 Å². The zero-order chi connectivity index (χ0) is 21.6. The zero-order valence-electron chi connectivity index (χ0n) is 16.9. The molecule has 0 fully saturated rings. The van der Waals surface area contributed by atoms with Crippen molar-refractivity contribution in [1.82, 2.24) is 0 Å². The van der Waals surface area contributed by atoms with Crippen LogP contribution < -0.4 is 0 Å². The van der Waals surface area contributed by atoms with E-state index in [9.17, 15) is 24.6 Å². The van der Waals surface area contributed by atoms with Crippen LogP contribution in [0.25, 0.3) is 0 Å². The number of carbonyl (C=O) groups is 3. The van der Waals surface area contributed by atoms with E-state index in [2.05, 4.69) is 0 Å². The number of methoxy groups -OCH3 is 1. The number of phenolic OH excluding ortho intramolecular Hbond substituents is 1. The first-order valence-electron chi connectivity index (χ1n) is 9.51. The van der Waals surface area contributed by atoms with Crippen LogP contribution >= 0.6 is 0 Å². The van der Waals surface area contributed by atoms with Gasteiger partial charge in [0.05, 0.1) is 18.8 Å². The molecule has 2 rings (SSSR count). The standard InChI is InChI=1S/C22H26O7/c1-4-5-9-16(24)19-14(8-6-7-10-29-13(2)23)11-15-20(22(19)27)17(25)12-18(28-3)21(15)26/h6-7,11-12,16,24,27H,4-5,8-10H2,1-3H3/b7-6+. The first-order chi connectivity index (χ1) is 13.8. The predicted octanol–water partition coefficient (Wildman–Crippen LogP) is 3.19. The summed E-state index contributed by atoms with van der Waals surface area (Å²) in [6.07, 6.45) is 5.69. The van der Waals surface area contributed by atoms with Crippen LogP contribution in [0.5, 0.6) is 5.75 Å². The molecule has 1 atom stereocenters. The van der Waals surface area contributed by atoms with Gasteiger partial charge in [-0.15, -0.1) is 0 Å². The number of phenols is 1. The number of benzene rings is 1. The summed E-state index contributed by atoms with van der Waals surface area (Å²) in [7, 11) is 1.30. The second-order valence-electron chi connectivity index (χ2n) is 6.76. The number of Topliss-reactive ketones (excluding diaryl/α,β-unsaturated/α-hetero) is 1. The molecule has 0 aliphatic heterocycles. The fourth-order valence-electron chi connectivity index (χ4n) is 3.23. The number of carbonyl (C=O) groups excluding carboxylic acids is 3. The molecule has 1 aromatic rings. The van der Waals surface area contributed by atoms with Gasteiger partial charge in [0.1, 0.15) is 12.4 Å². The highest BCUT2D eigenvalue weighted by Gasteiger charge is 2.33. The summed E-state index contributed by atoms with van der Waals surface area (Å²) in [5.74, 6) is -1.93. The summed E-state index contributed by atoms with van der Waals surface area (Å²) < 4.78 is 9.81. The Morgan fingerprint density at radius 2 is 2.00 bits per heavy atom. The lowest BCUT2D eigenvalue weighted by molar-refractivity contribution is -0.139. The molecule has 1 aliphatic carbocycles. The van der Waals surface area contributed by atoms with Gasteiger partial charge < -0.3 is 19.7 Å². The molecule has 0 spiro atoms. The summed E-state index contributed by atoms with van der Waals surface area (Å²) in [5, 5.41) is 21.5. The van der Waals surface area contributed by atoms with E-state index in [0.717, 1.165) is 18.9 Å². The van der Waals surface area contributed by atoms with Crippen molar-refractivity contribution in [2.75, 3.05) is 13.7 Å². The Hall–Kier alpha value is -2.93. The maximum absolute atomic E-state index is 12.6. The quantitative estimate of drug-likeness (QED) is 0.482. The highest BCUT2D eigenvalue weighted by molar-refractivity contribution is 6.25. The first kappa shape index (κ1) is 22.4. The van der Waals surface area contributed by atoms with Gasteiger partial charge in [0.25, 0.3) is 0 Å². The molecule has 0 radical (unpaired) electrons. The second kappa shape index (κ2) is 10.0. The Balaban J connectivity index is 2.48. The summed E-state index contributed by atoms with van der Waals surface area (Å²) >= 11 is 0. The molecule has 7 heteroatoms. The van der Waals surface area contributed by atoms with Crippen molar-refractivity contribution >= 4 is 17.5 Å². The van der Waals surface area contributed by atoms with E-state index in [1.807, 2.05) is 6.92 Å². The van der Waals surface area contributed by atoms with Crippen molar-refractivity contribution in [2.45, 2.75) is 45.6 Å². The number of esters is 1. The number of rotatable bonds is 9. The number of aliphatic hydroxyl groups excluding tert-OH is 1. The molecule has 0 amide bonds. The Morgan fingerprint density at radius 1 is 1.28 bits per heavy atom. The molecular weight excluding hydrogens is 376 g/mol. The van der Waals surface area contributed by atoms with E-state index >= 15 is 0 Å². The van der Waals surface area contributed by atoms with Crippen molar-refractivity contribution in [3.8, 4) is 5.75 Å². The van der Waals surface area contributed by atoms with Gasteiger partial charge in [-0.3, -0.25) is 14.4 Å². The van der Waals surface area contributed by atoms with Gasteiger partial charge in [-0.1, -0.05) is 31.9 Å². The molecule has 0 heterocycles. The predicted molar refractivity (Wildman–Crippen MR) is 106 cm³/mol. The van der Waals surface area contributed by atoms with E-state index < -0.39 is 23.6 Å². The van der Waals surface area contributed by atoms with E-state index in [4.69, 9.17) is 9.47 Å². The van der Waals surface area contributed by atoms with Gasteiger partial charge in [-0.25, -0.2) is 0 Å². The number of fused-ring (bicyclic) bond motifs is 1. The van der Waals surface area contributed by atoms with Gasteiger partial charge in [0, 0.05) is 24.1 Å². The number of hydrogen-bond acceptors (Lipinski definition) is 7. The highest BCUT2D eigenvalue weighted by Crippen LogP contribution is 2.39. The average Bonchev–Trinajstić information content (AvgIpc) is 2.67. The van der Waals surface area contributed by atoms with Crippen LogP contribution in [-0.2, 0) is 20.7 Å². The fourth-order valence-corrected chi connectivity index (χ4v) is 3.23. The number of ether oxygens (including phenoxy) is 2.